The number of piperazine rings is 1. The largest absolute Gasteiger partial charge is 0.337 e. The Hall–Kier alpha value is -2.77. The van der Waals surface area contributed by atoms with Crippen molar-refractivity contribution >= 4 is 23.0 Å². The smallest absolute Gasteiger partial charge is 0.323 e. The predicted molar refractivity (Wildman–Crippen MR) is 99.2 cm³/mol. The van der Waals surface area contributed by atoms with Crippen molar-refractivity contribution in [3.05, 3.63) is 34.2 Å². The van der Waals surface area contributed by atoms with E-state index >= 15 is 0 Å². The molecule has 8 heteroatoms. The van der Waals surface area contributed by atoms with E-state index in [0.29, 0.717) is 49.3 Å². The standard InChI is InChI=1S/C18H25N5O3/c1-18(2,3)11-19-17(26)23-8-6-22(7-9-23)15(24)12-4-5-13-14(10-12)21-16(25)20-13/h4-5,10H,6-9,11H2,1-3H3,(H,19,26)(H2,20,21,25). The van der Waals surface area contributed by atoms with Crippen LogP contribution >= 0.6 is 0 Å². The van der Waals surface area contributed by atoms with E-state index in [0.717, 1.165) is 0 Å². The maximum absolute atomic E-state index is 12.7. The molecule has 0 atom stereocenters. The van der Waals surface area contributed by atoms with Gasteiger partial charge in [-0.3, -0.25) is 4.79 Å². The first-order chi connectivity index (χ1) is 12.2. The van der Waals surface area contributed by atoms with E-state index in [9.17, 15) is 14.4 Å². The molecule has 0 spiro atoms. The molecule has 0 bridgehead atoms. The molecular weight excluding hydrogens is 334 g/mol. The molecule has 3 rings (SSSR count). The fraction of sp³-hybridized carbons (Fsp3) is 0.500. The summed E-state index contributed by atoms with van der Waals surface area (Å²) in [4.78, 5) is 45.0. The van der Waals surface area contributed by atoms with E-state index < -0.39 is 0 Å². The molecule has 0 aliphatic carbocycles. The first-order valence-corrected chi connectivity index (χ1v) is 8.77. The second kappa shape index (κ2) is 6.86. The molecule has 26 heavy (non-hydrogen) atoms. The van der Waals surface area contributed by atoms with Gasteiger partial charge in [-0.25, -0.2) is 9.59 Å². The van der Waals surface area contributed by atoms with Crippen molar-refractivity contribution in [2.75, 3.05) is 32.7 Å². The van der Waals surface area contributed by atoms with E-state index in [2.05, 4.69) is 36.1 Å². The number of nitrogens with one attached hydrogen (secondary N) is 3. The van der Waals surface area contributed by atoms with Crippen LogP contribution in [-0.4, -0.2) is 64.4 Å². The van der Waals surface area contributed by atoms with Gasteiger partial charge < -0.3 is 25.1 Å². The third-order valence-electron chi connectivity index (χ3n) is 4.39. The van der Waals surface area contributed by atoms with Crippen molar-refractivity contribution in [3.63, 3.8) is 0 Å². The molecule has 0 unspecified atom stereocenters. The average molecular weight is 359 g/mol. The van der Waals surface area contributed by atoms with Gasteiger partial charge in [0.1, 0.15) is 0 Å². The number of fused-ring (bicyclic) bond motifs is 1. The van der Waals surface area contributed by atoms with Crippen molar-refractivity contribution < 1.29 is 9.59 Å². The van der Waals surface area contributed by atoms with Gasteiger partial charge in [0.15, 0.2) is 0 Å². The summed E-state index contributed by atoms with van der Waals surface area (Å²) in [5.41, 5.74) is 1.55. The van der Waals surface area contributed by atoms with Gasteiger partial charge in [0.2, 0.25) is 0 Å². The Bertz CT molecular complexity index is 869. The number of amides is 3. The van der Waals surface area contributed by atoms with Gasteiger partial charge in [0, 0.05) is 38.3 Å². The van der Waals surface area contributed by atoms with Gasteiger partial charge in [-0.1, -0.05) is 20.8 Å². The van der Waals surface area contributed by atoms with E-state index in [1.54, 1.807) is 28.0 Å². The molecule has 8 nitrogen and oxygen atoms in total. The van der Waals surface area contributed by atoms with Crippen LogP contribution in [0.2, 0.25) is 0 Å². The molecule has 1 aliphatic rings. The number of rotatable bonds is 2. The van der Waals surface area contributed by atoms with Crippen LogP contribution in [0, 0.1) is 5.41 Å². The lowest BCUT2D eigenvalue weighted by Crippen LogP contribution is -2.53. The SMILES string of the molecule is CC(C)(C)CNC(=O)N1CCN(C(=O)c2ccc3[nH]c(=O)[nH]c3c2)CC1. The Morgan fingerprint density at radius 3 is 2.31 bits per heavy atom. The molecule has 1 aliphatic heterocycles. The summed E-state index contributed by atoms with van der Waals surface area (Å²) in [5, 5.41) is 2.94. The zero-order chi connectivity index (χ0) is 18.9. The topological polar surface area (TPSA) is 101 Å². The van der Waals surface area contributed by atoms with Crippen LogP contribution in [0.1, 0.15) is 31.1 Å². The van der Waals surface area contributed by atoms with Crippen LogP contribution in [-0.2, 0) is 0 Å². The van der Waals surface area contributed by atoms with Crippen LogP contribution in [0.5, 0.6) is 0 Å². The van der Waals surface area contributed by atoms with Crippen molar-refractivity contribution in [1.82, 2.24) is 25.1 Å². The maximum Gasteiger partial charge on any atom is 0.323 e. The highest BCUT2D eigenvalue weighted by atomic mass is 16.2. The summed E-state index contributed by atoms with van der Waals surface area (Å²) in [6.07, 6.45) is 0. The molecule has 1 fully saturated rings. The number of carbonyl (C=O) groups is 2. The number of aromatic amines is 2. The van der Waals surface area contributed by atoms with Crippen molar-refractivity contribution in [1.29, 1.82) is 0 Å². The fourth-order valence-electron chi connectivity index (χ4n) is 2.91. The number of carbonyl (C=O) groups excluding carboxylic acids is 2. The minimum absolute atomic E-state index is 0.0330. The number of hydrogen-bond acceptors (Lipinski definition) is 3. The second-order valence-electron chi connectivity index (χ2n) is 7.84. The molecule has 140 valence electrons. The van der Waals surface area contributed by atoms with Gasteiger partial charge in [0.05, 0.1) is 11.0 Å². The number of hydrogen-bond donors (Lipinski definition) is 3. The van der Waals surface area contributed by atoms with Gasteiger partial charge in [0.25, 0.3) is 5.91 Å². The Morgan fingerprint density at radius 2 is 1.65 bits per heavy atom. The molecular formula is C18H25N5O3. The molecule has 0 radical (unpaired) electrons. The zero-order valence-corrected chi connectivity index (χ0v) is 15.4. The number of aromatic nitrogens is 2. The lowest BCUT2D eigenvalue weighted by Gasteiger charge is -2.35. The monoisotopic (exact) mass is 359 g/mol. The normalized spacial score (nSPS) is 15.3. The zero-order valence-electron chi connectivity index (χ0n) is 15.4. The first kappa shape index (κ1) is 18.0. The van der Waals surface area contributed by atoms with E-state index in [-0.39, 0.29) is 23.0 Å². The number of H-pyrrole nitrogens is 2. The molecule has 2 aromatic rings. The summed E-state index contributed by atoms with van der Waals surface area (Å²) in [6, 6.07) is 5.02. The second-order valence-corrected chi connectivity index (χ2v) is 7.84. The lowest BCUT2D eigenvalue weighted by molar-refractivity contribution is 0.0664. The fourth-order valence-corrected chi connectivity index (χ4v) is 2.91. The predicted octanol–water partition coefficient (Wildman–Crippen LogP) is 1.37. The van der Waals surface area contributed by atoms with Gasteiger partial charge >= 0.3 is 11.7 Å². The summed E-state index contributed by atoms with van der Waals surface area (Å²) in [7, 11) is 0. The van der Waals surface area contributed by atoms with Crippen molar-refractivity contribution in [2.45, 2.75) is 20.8 Å². The van der Waals surface area contributed by atoms with Crippen LogP contribution in [0.4, 0.5) is 4.79 Å². The van der Waals surface area contributed by atoms with Crippen LogP contribution < -0.4 is 11.0 Å². The highest BCUT2D eigenvalue weighted by Gasteiger charge is 2.25. The molecule has 1 saturated heterocycles. The molecule has 1 aromatic heterocycles. The van der Waals surface area contributed by atoms with Crippen molar-refractivity contribution in [2.24, 2.45) is 5.41 Å². The summed E-state index contributed by atoms with van der Waals surface area (Å²) in [5.74, 6) is -0.0938. The third-order valence-corrected chi connectivity index (χ3v) is 4.39. The summed E-state index contributed by atoms with van der Waals surface area (Å²) >= 11 is 0. The Morgan fingerprint density at radius 1 is 1.04 bits per heavy atom. The maximum atomic E-state index is 12.7. The average Bonchev–Trinajstić information content (AvgIpc) is 2.97. The van der Waals surface area contributed by atoms with Gasteiger partial charge in [-0.15, -0.1) is 0 Å². The van der Waals surface area contributed by atoms with Crippen LogP contribution in [0.25, 0.3) is 11.0 Å². The lowest BCUT2D eigenvalue weighted by atomic mass is 9.97. The third kappa shape index (κ3) is 4.07. The molecule has 3 N–H and O–H groups in total. The number of nitrogens with zero attached hydrogens (tertiary/aromatic N) is 2. The Balaban J connectivity index is 1.59. The van der Waals surface area contributed by atoms with Crippen LogP contribution in [0.3, 0.4) is 0 Å². The van der Waals surface area contributed by atoms with Gasteiger partial charge in [-0.05, 0) is 23.6 Å². The Labute approximate surface area is 151 Å². The minimum atomic E-state index is -0.292. The summed E-state index contributed by atoms with van der Waals surface area (Å²) in [6.45, 7) is 8.80. The summed E-state index contributed by atoms with van der Waals surface area (Å²) < 4.78 is 0. The Kier molecular flexibility index (Phi) is 4.76. The van der Waals surface area contributed by atoms with E-state index in [1.807, 2.05) is 0 Å². The number of urea groups is 1. The molecule has 0 saturated carbocycles. The number of imidazole rings is 1. The van der Waals surface area contributed by atoms with E-state index in [1.165, 1.54) is 0 Å². The minimum Gasteiger partial charge on any atom is -0.337 e. The molecule has 2 heterocycles. The molecule has 3 amide bonds. The van der Waals surface area contributed by atoms with Crippen molar-refractivity contribution in [3.8, 4) is 0 Å². The quantitative estimate of drug-likeness (QED) is 0.755. The first-order valence-electron chi connectivity index (χ1n) is 8.77. The van der Waals surface area contributed by atoms with E-state index in [4.69, 9.17) is 0 Å². The van der Waals surface area contributed by atoms with Gasteiger partial charge in [-0.2, -0.15) is 0 Å². The highest BCUT2D eigenvalue weighted by Crippen LogP contribution is 2.14. The molecule has 1 aromatic carbocycles. The number of benzene rings is 1. The highest BCUT2D eigenvalue weighted by molar-refractivity contribution is 5.97. The van der Waals surface area contributed by atoms with Crippen LogP contribution in [0.15, 0.2) is 23.0 Å².